The SMILES string of the molecule is CCCC1CCC(c2ccc(-c3ccc(OCc4cc(F)c(F)c(F)c4)c(F)c3)c(F)c2F)OC1. The van der Waals surface area contributed by atoms with Gasteiger partial charge in [-0.25, -0.2) is 26.3 Å². The van der Waals surface area contributed by atoms with Crippen LogP contribution in [0.4, 0.5) is 26.3 Å². The maximum absolute atomic E-state index is 14.9. The van der Waals surface area contributed by atoms with Crippen molar-refractivity contribution in [2.24, 2.45) is 5.92 Å². The normalized spacial score (nSPS) is 18.0. The Kier molecular flexibility index (Phi) is 7.69. The van der Waals surface area contributed by atoms with Gasteiger partial charge in [0, 0.05) is 11.1 Å². The summed E-state index contributed by atoms with van der Waals surface area (Å²) < 4.78 is 95.2. The summed E-state index contributed by atoms with van der Waals surface area (Å²) in [7, 11) is 0. The molecular weight excluding hydrogens is 470 g/mol. The van der Waals surface area contributed by atoms with Crippen molar-refractivity contribution in [3.05, 3.63) is 88.5 Å². The molecule has 4 rings (SSSR count). The van der Waals surface area contributed by atoms with Crippen LogP contribution < -0.4 is 4.74 Å². The fourth-order valence-corrected chi connectivity index (χ4v) is 4.36. The van der Waals surface area contributed by atoms with E-state index in [0.29, 0.717) is 18.9 Å². The second kappa shape index (κ2) is 10.7. The first-order valence-electron chi connectivity index (χ1n) is 11.4. The van der Waals surface area contributed by atoms with E-state index in [1.165, 1.54) is 24.3 Å². The molecule has 0 N–H and O–H groups in total. The lowest BCUT2D eigenvalue weighted by atomic mass is 9.91. The summed E-state index contributed by atoms with van der Waals surface area (Å²) in [5.74, 6) is -7.25. The minimum absolute atomic E-state index is 0.0421. The van der Waals surface area contributed by atoms with Gasteiger partial charge in [0.25, 0.3) is 0 Å². The van der Waals surface area contributed by atoms with E-state index in [1.54, 1.807) is 0 Å². The van der Waals surface area contributed by atoms with E-state index in [0.717, 1.165) is 37.5 Å². The zero-order valence-corrected chi connectivity index (χ0v) is 19.0. The van der Waals surface area contributed by atoms with Crippen LogP contribution in [-0.2, 0) is 11.3 Å². The van der Waals surface area contributed by atoms with Crippen molar-refractivity contribution in [2.75, 3.05) is 6.61 Å². The highest BCUT2D eigenvalue weighted by molar-refractivity contribution is 5.66. The van der Waals surface area contributed by atoms with Gasteiger partial charge in [-0.3, -0.25) is 0 Å². The standard InChI is InChI=1S/C27H24F6O2/c1-2-3-15-4-8-23(34-13-15)19-7-6-18(25(31)26(19)32)17-5-9-24(20(28)12-17)35-14-16-10-21(29)27(33)22(30)11-16/h5-7,9-12,15,23H,2-4,8,13-14H2,1H3. The molecule has 0 aliphatic carbocycles. The molecule has 1 fully saturated rings. The van der Waals surface area contributed by atoms with Crippen LogP contribution in [0.25, 0.3) is 11.1 Å². The lowest BCUT2D eigenvalue weighted by Gasteiger charge is -2.29. The molecule has 0 amide bonds. The third kappa shape index (κ3) is 5.48. The molecule has 2 atom stereocenters. The molecule has 0 bridgehead atoms. The molecule has 8 heteroatoms. The largest absolute Gasteiger partial charge is 0.486 e. The quantitative estimate of drug-likeness (QED) is 0.245. The lowest BCUT2D eigenvalue weighted by Crippen LogP contribution is -2.21. The molecule has 0 aromatic heterocycles. The molecule has 0 radical (unpaired) electrons. The van der Waals surface area contributed by atoms with Crippen molar-refractivity contribution >= 4 is 0 Å². The Balaban J connectivity index is 1.48. The van der Waals surface area contributed by atoms with Gasteiger partial charge in [0.1, 0.15) is 6.61 Å². The highest BCUT2D eigenvalue weighted by Gasteiger charge is 2.27. The van der Waals surface area contributed by atoms with Gasteiger partial charge in [-0.15, -0.1) is 0 Å². The van der Waals surface area contributed by atoms with E-state index >= 15 is 0 Å². The Morgan fingerprint density at radius 3 is 2.20 bits per heavy atom. The zero-order valence-electron chi connectivity index (χ0n) is 19.0. The van der Waals surface area contributed by atoms with Crippen LogP contribution in [0.5, 0.6) is 5.75 Å². The number of benzene rings is 3. The van der Waals surface area contributed by atoms with Crippen LogP contribution in [0.2, 0.25) is 0 Å². The molecule has 0 spiro atoms. The van der Waals surface area contributed by atoms with E-state index in [1.807, 2.05) is 0 Å². The molecule has 2 unspecified atom stereocenters. The summed E-state index contributed by atoms with van der Waals surface area (Å²) in [6.45, 7) is 2.17. The minimum Gasteiger partial charge on any atom is -0.486 e. The van der Waals surface area contributed by atoms with E-state index < -0.39 is 47.6 Å². The van der Waals surface area contributed by atoms with Crippen molar-refractivity contribution in [1.82, 2.24) is 0 Å². The van der Waals surface area contributed by atoms with Crippen molar-refractivity contribution in [3.63, 3.8) is 0 Å². The third-order valence-electron chi connectivity index (χ3n) is 6.21. The van der Waals surface area contributed by atoms with Crippen molar-refractivity contribution in [3.8, 4) is 16.9 Å². The molecule has 1 aliphatic rings. The van der Waals surface area contributed by atoms with Crippen molar-refractivity contribution in [1.29, 1.82) is 0 Å². The first-order chi connectivity index (χ1) is 16.8. The van der Waals surface area contributed by atoms with E-state index in [4.69, 9.17) is 9.47 Å². The minimum atomic E-state index is -1.61. The molecule has 1 saturated heterocycles. The first kappa shape index (κ1) is 25.1. The summed E-state index contributed by atoms with van der Waals surface area (Å²) in [6.07, 6.45) is 3.03. The monoisotopic (exact) mass is 494 g/mol. The highest BCUT2D eigenvalue weighted by atomic mass is 19.2. The fourth-order valence-electron chi connectivity index (χ4n) is 4.36. The molecule has 0 saturated carbocycles. The zero-order chi connectivity index (χ0) is 25.1. The number of ether oxygens (including phenoxy) is 2. The van der Waals surface area contributed by atoms with Crippen LogP contribution in [0.15, 0.2) is 42.5 Å². The van der Waals surface area contributed by atoms with Gasteiger partial charge in [-0.05, 0) is 60.6 Å². The molecule has 3 aromatic rings. The Bertz CT molecular complexity index is 1180. The summed E-state index contributed by atoms with van der Waals surface area (Å²) in [6, 6.07) is 7.84. The Hall–Kier alpha value is -3.00. The van der Waals surface area contributed by atoms with Crippen LogP contribution in [0.1, 0.15) is 49.8 Å². The van der Waals surface area contributed by atoms with Crippen LogP contribution in [0, 0.1) is 40.8 Å². The van der Waals surface area contributed by atoms with Crippen molar-refractivity contribution < 1.29 is 35.8 Å². The predicted octanol–water partition coefficient (Wildman–Crippen LogP) is 8.04. The lowest BCUT2D eigenvalue weighted by molar-refractivity contribution is -0.0214. The number of hydrogen-bond donors (Lipinski definition) is 0. The van der Waals surface area contributed by atoms with Gasteiger partial charge in [0.05, 0.1) is 12.7 Å². The Morgan fingerprint density at radius 1 is 0.829 bits per heavy atom. The molecule has 1 heterocycles. The van der Waals surface area contributed by atoms with Gasteiger partial charge >= 0.3 is 0 Å². The molecule has 186 valence electrons. The average Bonchev–Trinajstić information content (AvgIpc) is 2.84. The van der Waals surface area contributed by atoms with Gasteiger partial charge < -0.3 is 9.47 Å². The van der Waals surface area contributed by atoms with Crippen LogP contribution in [-0.4, -0.2) is 6.61 Å². The maximum atomic E-state index is 14.9. The molecule has 3 aromatic carbocycles. The van der Waals surface area contributed by atoms with Gasteiger partial charge in [0.15, 0.2) is 40.7 Å². The first-order valence-corrected chi connectivity index (χ1v) is 11.4. The Labute approximate surface area is 199 Å². The van der Waals surface area contributed by atoms with Gasteiger partial charge in [-0.1, -0.05) is 31.5 Å². The van der Waals surface area contributed by atoms with Crippen LogP contribution >= 0.6 is 0 Å². The predicted molar refractivity (Wildman–Crippen MR) is 119 cm³/mol. The van der Waals surface area contributed by atoms with Gasteiger partial charge in [-0.2, -0.15) is 0 Å². The second-order valence-corrected chi connectivity index (χ2v) is 8.69. The highest BCUT2D eigenvalue weighted by Crippen LogP contribution is 2.37. The second-order valence-electron chi connectivity index (χ2n) is 8.69. The summed E-state index contributed by atoms with van der Waals surface area (Å²) >= 11 is 0. The summed E-state index contributed by atoms with van der Waals surface area (Å²) in [5.41, 5.74) is 0.0585. The Morgan fingerprint density at radius 2 is 1.57 bits per heavy atom. The van der Waals surface area contributed by atoms with E-state index in [9.17, 15) is 26.3 Å². The summed E-state index contributed by atoms with van der Waals surface area (Å²) in [4.78, 5) is 0. The molecule has 35 heavy (non-hydrogen) atoms. The average molecular weight is 494 g/mol. The van der Waals surface area contributed by atoms with Crippen LogP contribution in [0.3, 0.4) is 0 Å². The maximum Gasteiger partial charge on any atom is 0.194 e. The number of halogens is 6. The summed E-state index contributed by atoms with van der Waals surface area (Å²) in [5, 5.41) is 0. The number of rotatable bonds is 7. The fraction of sp³-hybridized carbons (Fsp3) is 0.333. The third-order valence-corrected chi connectivity index (χ3v) is 6.21. The van der Waals surface area contributed by atoms with E-state index in [2.05, 4.69) is 6.92 Å². The molecular formula is C27H24F6O2. The number of hydrogen-bond acceptors (Lipinski definition) is 2. The topological polar surface area (TPSA) is 18.5 Å². The van der Waals surface area contributed by atoms with E-state index in [-0.39, 0.29) is 28.0 Å². The molecule has 1 aliphatic heterocycles. The smallest absolute Gasteiger partial charge is 0.194 e. The molecule has 2 nitrogen and oxygen atoms in total. The van der Waals surface area contributed by atoms with Crippen molar-refractivity contribution in [2.45, 2.75) is 45.3 Å². The van der Waals surface area contributed by atoms with Gasteiger partial charge in [0.2, 0.25) is 0 Å².